The van der Waals surface area contributed by atoms with Crippen molar-refractivity contribution in [2.24, 2.45) is 0 Å². The number of methoxy groups -OCH3 is 1. The van der Waals surface area contributed by atoms with E-state index in [0.29, 0.717) is 29.4 Å². The molecule has 0 radical (unpaired) electrons. The number of hydrogen-bond acceptors (Lipinski definition) is 5. The summed E-state index contributed by atoms with van der Waals surface area (Å²) in [6, 6.07) is 9.99. The number of nitrogens with two attached hydrogens (primary N) is 1. The Morgan fingerprint density at radius 3 is 2.79 bits per heavy atom. The fourth-order valence-corrected chi connectivity index (χ4v) is 1.91. The van der Waals surface area contributed by atoms with E-state index in [-0.39, 0.29) is 0 Å². The van der Waals surface area contributed by atoms with Crippen LogP contribution >= 0.6 is 0 Å². The van der Waals surface area contributed by atoms with E-state index in [1.807, 2.05) is 30.3 Å². The van der Waals surface area contributed by atoms with Gasteiger partial charge < -0.3 is 10.5 Å². The number of ether oxygens (including phenoxy) is 1. The van der Waals surface area contributed by atoms with Gasteiger partial charge in [0.1, 0.15) is 0 Å². The second-order valence-electron chi connectivity index (χ2n) is 4.11. The maximum absolute atomic E-state index is 5.85. The first-order valence-electron chi connectivity index (χ1n) is 5.85. The summed E-state index contributed by atoms with van der Waals surface area (Å²) >= 11 is 0. The number of aromatic nitrogens is 4. The molecule has 1 aromatic carbocycles. The lowest BCUT2D eigenvalue weighted by molar-refractivity contribution is 0.397. The van der Waals surface area contributed by atoms with Crippen LogP contribution in [0.1, 0.15) is 5.56 Å². The number of hydrogen-bond donors (Lipinski definition) is 1. The maximum Gasteiger partial charge on any atom is 0.234 e. The topological polar surface area (TPSA) is 78.9 Å². The number of anilines is 1. The Labute approximate surface area is 109 Å². The Hall–Kier alpha value is -2.63. The first-order chi connectivity index (χ1) is 9.28. The first-order valence-corrected chi connectivity index (χ1v) is 5.85. The molecule has 2 aromatic heterocycles. The lowest BCUT2D eigenvalue weighted by Gasteiger charge is -2.03. The van der Waals surface area contributed by atoms with Crippen LogP contribution in [0, 0.1) is 0 Å². The fraction of sp³-hybridized carbons (Fsp3) is 0.154. The monoisotopic (exact) mass is 255 g/mol. The van der Waals surface area contributed by atoms with Crippen LogP contribution in [-0.4, -0.2) is 26.9 Å². The molecule has 0 aliphatic carbocycles. The highest BCUT2D eigenvalue weighted by molar-refractivity contribution is 5.82. The summed E-state index contributed by atoms with van der Waals surface area (Å²) in [7, 11) is 1.55. The molecule has 3 rings (SSSR count). The highest BCUT2D eigenvalue weighted by Gasteiger charge is 2.12. The molecule has 0 atom stereocenters. The molecule has 96 valence electrons. The molecule has 0 amide bonds. The summed E-state index contributed by atoms with van der Waals surface area (Å²) in [5.74, 6) is 0.822. The third-order valence-electron chi connectivity index (χ3n) is 2.83. The molecule has 0 fully saturated rings. The molecule has 3 aromatic rings. The van der Waals surface area contributed by atoms with Gasteiger partial charge in [-0.25, -0.2) is 9.67 Å². The zero-order valence-electron chi connectivity index (χ0n) is 10.4. The molecule has 0 bridgehead atoms. The minimum atomic E-state index is 0.376. The number of nitrogen functional groups attached to an aromatic ring is 1. The molecule has 6 nitrogen and oxygen atoms in total. The van der Waals surface area contributed by atoms with E-state index in [1.54, 1.807) is 11.8 Å². The zero-order valence-corrected chi connectivity index (χ0v) is 10.4. The second-order valence-corrected chi connectivity index (χ2v) is 4.11. The maximum atomic E-state index is 5.85. The quantitative estimate of drug-likeness (QED) is 0.766. The van der Waals surface area contributed by atoms with Crippen molar-refractivity contribution in [3.63, 3.8) is 0 Å². The first kappa shape index (κ1) is 11.5. The standard InChI is InChI=1S/C13H13N5O/c1-19-10-7-15-11-12(14)17-18(13(11)16-10)8-9-5-3-2-4-6-9/h2-7H,8H2,1H3,(H2,14,17). The van der Waals surface area contributed by atoms with Crippen molar-refractivity contribution in [1.82, 2.24) is 19.7 Å². The summed E-state index contributed by atoms with van der Waals surface area (Å²) in [5.41, 5.74) is 8.19. The lowest BCUT2D eigenvalue weighted by Crippen LogP contribution is -2.03. The van der Waals surface area contributed by atoms with Gasteiger partial charge in [0.2, 0.25) is 5.88 Å². The molecule has 0 spiro atoms. The molecular formula is C13H13N5O. The van der Waals surface area contributed by atoms with Gasteiger partial charge in [-0.15, -0.1) is 0 Å². The third-order valence-corrected chi connectivity index (χ3v) is 2.83. The van der Waals surface area contributed by atoms with Gasteiger partial charge in [0.25, 0.3) is 0 Å². The Morgan fingerprint density at radius 2 is 2.05 bits per heavy atom. The number of nitrogens with zero attached hydrogens (tertiary/aromatic N) is 4. The highest BCUT2D eigenvalue weighted by Crippen LogP contribution is 2.19. The van der Waals surface area contributed by atoms with Gasteiger partial charge in [-0.1, -0.05) is 30.3 Å². The Kier molecular flexibility index (Phi) is 2.75. The molecule has 0 saturated heterocycles. The van der Waals surface area contributed by atoms with E-state index in [9.17, 15) is 0 Å². The zero-order chi connectivity index (χ0) is 13.2. The summed E-state index contributed by atoms with van der Waals surface area (Å²) < 4.78 is 6.81. The van der Waals surface area contributed by atoms with Crippen LogP contribution in [-0.2, 0) is 6.54 Å². The van der Waals surface area contributed by atoms with E-state index in [0.717, 1.165) is 5.56 Å². The summed E-state index contributed by atoms with van der Waals surface area (Å²) in [4.78, 5) is 8.56. The molecule has 0 aliphatic heterocycles. The Bertz CT molecular complexity index is 708. The van der Waals surface area contributed by atoms with Gasteiger partial charge >= 0.3 is 0 Å². The Balaban J connectivity index is 2.08. The average molecular weight is 255 g/mol. The third kappa shape index (κ3) is 2.08. The molecule has 19 heavy (non-hydrogen) atoms. The largest absolute Gasteiger partial charge is 0.480 e. The van der Waals surface area contributed by atoms with E-state index >= 15 is 0 Å². The minimum absolute atomic E-state index is 0.376. The molecule has 0 saturated carbocycles. The second kappa shape index (κ2) is 4.56. The van der Waals surface area contributed by atoms with Crippen LogP contribution in [0.5, 0.6) is 5.88 Å². The van der Waals surface area contributed by atoms with E-state index in [1.165, 1.54) is 6.20 Å². The predicted octanol–water partition coefficient (Wildman–Crippen LogP) is 1.47. The van der Waals surface area contributed by atoms with Crippen molar-refractivity contribution >= 4 is 17.0 Å². The van der Waals surface area contributed by atoms with Crippen molar-refractivity contribution in [2.75, 3.05) is 12.8 Å². The van der Waals surface area contributed by atoms with Crippen LogP contribution in [0.4, 0.5) is 5.82 Å². The molecule has 6 heteroatoms. The fourth-order valence-electron chi connectivity index (χ4n) is 1.91. The number of fused-ring (bicyclic) bond motifs is 1. The van der Waals surface area contributed by atoms with Crippen molar-refractivity contribution in [1.29, 1.82) is 0 Å². The van der Waals surface area contributed by atoms with E-state index < -0.39 is 0 Å². The van der Waals surface area contributed by atoms with Gasteiger partial charge in [-0.3, -0.25) is 0 Å². The summed E-state index contributed by atoms with van der Waals surface area (Å²) in [6.07, 6.45) is 1.53. The molecule has 0 aliphatic rings. The van der Waals surface area contributed by atoms with Crippen molar-refractivity contribution in [3.05, 3.63) is 42.1 Å². The SMILES string of the molecule is COc1cnc2c(N)nn(Cc3ccccc3)c2n1. The average Bonchev–Trinajstić information content (AvgIpc) is 2.76. The van der Waals surface area contributed by atoms with Gasteiger partial charge in [-0.05, 0) is 5.56 Å². The normalized spacial score (nSPS) is 10.8. The molecule has 2 heterocycles. The van der Waals surface area contributed by atoms with Crippen LogP contribution in [0.25, 0.3) is 11.2 Å². The van der Waals surface area contributed by atoms with Crippen LogP contribution in [0.3, 0.4) is 0 Å². The van der Waals surface area contributed by atoms with Gasteiger partial charge in [0.05, 0.1) is 19.9 Å². The highest BCUT2D eigenvalue weighted by atomic mass is 16.5. The summed E-state index contributed by atoms with van der Waals surface area (Å²) in [5, 5.41) is 4.27. The van der Waals surface area contributed by atoms with Crippen LogP contribution in [0.2, 0.25) is 0 Å². The van der Waals surface area contributed by atoms with E-state index in [4.69, 9.17) is 10.5 Å². The van der Waals surface area contributed by atoms with Crippen molar-refractivity contribution in [3.8, 4) is 5.88 Å². The van der Waals surface area contributed by atoms with Crippen molar-refractivity contribution in [2.45, 2.75) is 6.54 Å². The molecule has 0 unspecified atom stereocenters. The number of benzene rings is 1. The lowest BCUT2D eigenvalue weighted by atomic mass is 10.2. The van der Waals surface area contributed by atoms with Gasteiger partial charge in [-0.2, -0.15) is 10.1 Å². The Morgan fingerprint density at radius 1 is 1.26 bits per heavy atom. The van der Waals surface area contributed by atoms with E-state index in [2.05, 4.69) is 15.1 Å². The smallest absolute Gasteiger partial charge is 0.234 e. The van der Waals surface area contributed by atoms with Crippen LogP contribution < -0.4 is 10.5 Å². The number of rotatable bonds is 3. The minimum Gasteiger partial charge on any atom is -0.480 e. The van der Waals surface area contributed by atoms with Crippen molar-refractivity contribution < 1.29 is 4.74 Å². The summed E-state index contributed by atoms with van der Waals surface area (Å²) in [6.45, 7) is 0.594. The van der Waals surface area contributed by atoms with Crippen LogP contribution in [0.15, 0.2) is 36.5 Å². The van der Waals surface area contributed by atoms with Gasteiger partial charge in [0.15, 0.2) is 17.0 Å². The van der Waals surface area contributed by atoms with Gasteiger partial charge in [0, 0.05) is 0 Å². The molecular weight excluding hydrogens is 242 g/mol. The molecule has 2 N–H and O–H groups in total. The predicted molar refractivity (Wildman–Crippen MR) is 71.8 cm³/mol.